The van der Waals surface area contributed by atoms with Crippen LogP contribution >= 0.6 is 39.5 Å². The molecule has 0 amide bonds. The summed E-state index contributed by atoms with van der Waals surface area (Å²) in [5, 5.41) is 8.68. The maximum absolute atomic E-state index is 13.0. The number of nitrogens with zero attached hydrogens (tertiary/aromatic N) is 5. The van der Waals surface area contributed by atoms with Crippen molar-refractivity contribution in [1.29, 1.82) is 0 Å². The van der Waals surface area contributed by atoms with Gasteiger partial charge in [0.2, 0.25) is 5.88 Å². The van der Waals surface area contributed by atoms with E-state index in [0.29, 0.717) is 51.4 Å². The molecule has 2 heterocycles. The van der Waals surface area contributed by atoms with Crippen molar-refractivity contribution in [2.24, 2.45) is 10.3 Å². The first-order chi connectivity index (χ1) is 31.2. The number of thioether (sulfide) groups is 2. The molecule has 2 aromatic carbocycles. The molecule has 0 aliphatic rings. The molecule has 0 saturated heterocycles. The molecule has 0 fully saturated rings. The molecule has 65 heavy (non-hydrogen) atoms. The standard InChI is InChI=1S/C21H22F3N3O4S.C11H12BrNO3.C10H11F3N2OS/c1-4-14-11-17(26-21(25-14)32-10-9-16(22)19(23)24)31-12-13-7-5-6-8-15(13)18(27-30-3)20(28)29-2;1-15-11(14)10(13-16-2)9-6-4-3-5-8(9)7-12;1-2-6-5-8(16)15-10(14-6)17-4-3-7(11)9(12)13/h5-8,11H,4,9-10,12H2,1-3H3;3-6H,7H2,1-2H3;5H,2-4H2,1H3,(H,14,15,16)/b27-18+;13-10+;. The maximum atomic E-state index is 13.0. The molecule has 1 N–H and O–H groups in total. The Balaban J connectivity index is 0.000000370. The first kappa shape index (κ1) is 55.5. The zero-order valence-corrected chi connectivity index (χ0v) is 39.1. The molecule has 0 spiro atoms. The number of hydrogen-bond acceptors (Lipinski definition) is 15. The summed E-state index contributed by atoms with van der Waals surface area (Å²) in [6, 6.07) is 17.4. The Morgan fingerprint density at radius 2 is 1.18 bits per heavy atom. The lowest BCUT2D eigenvalue weighted by atomic mass is 10.0. The number of aromatic nitrogens is 4. The summed E-state index contributed by atoms with van der Waals surface area (Å²) in [5.41, 5.74) is 3.89. The second-order valence-electron chi connectivity index (χ2n) is 12.2. The van der Waals surface area contributed by atoms with Gasteiger partial charge in [0.15, 0.2) is 33.4 Å². The highest BCUT2D eigenvalue weighted by Crippen LogP contribution is 2.24. The number of methoxy groups -OCH3 is 2. The van der Waals surface area contributed by atoms with E-state index in [-0.39, 0.29) is 52.6 Å². The van der Waals surface area contributed by atoms with E-state index in [1.807, 2.05) is 32.0 Å². The average Bonchev–Trinajstić information content (AvgIpc) is 3.31. The lowest BCUT2D eigenvalue weighted by Gasteiger charge is -2.12. The summed E-state index contributed by atoms with van der Waals surface area (Å²) in [4.78, 5) is 59.3. The SMILES string of the molecule is CCc1cc(=O)[nH]c(SCCC(F)=C(F)F)n1.CCc1cc(OCc2ccccc2/C(=N\OC)C(=O)OC)nc(SCCC(F)=C(F)F)n1.CO/N=C(/C(=O)OC)c1ccccc1CBr. The number of ether oxygens (including phenoxy) is 3. The second kappa shape index (κ2) is 30.5. The highest BCUT2D eigenvalue weighted by Gasteiger charge is 2.20. The van der Waals surface area contributed by atoms with E-state index < -0.39 is 42.2 Å². The lowest BCUT2D eigenvalue weighted by Crippen LogP contribution is -2.20. The average molecular weight is 1020 g/mol. The lowest BCUT2D eigenvalue weighted by molar-refractivity contribution is -0.133. The number of esters is 2. The van der Waals surface area contributed by atoms with E-state index in [1.165, 1.54) is 34.5 Å². The molecule has 0 atom stereocenters. The molecule has 0 bridgehead atoms. The number of aromatic amines is 1. The zero-order valence-electron chi connectivity index (χ0n) is 35.9. The molecule has 4 aromatic rings. The van der Waals surface area contributed by atoms with Gasteiger partial charge >= 0.3 is 24.1 Å². The van der Waals surface area contributed by atoms with Crippen LogP contribution in [0.4, 0.5) is 26.3 Å². The van der Waals surface area contributed by atoms with Gasteiger partial charge in [-0.1, -0.05) is 112 Å². The topological polar surface area (TPSA) is 177 Å². The van der Waals surface area contributed by atoms with Crippen molar-refractivity contribution in [3.8, 4) is 5.88 Å². The summed E-state index contributed by atoms with van der Waals surface area (Å²) in [5.74, 6) is -3.66. The first-order valence-corrected chi connectivity index (χ1v) is 22.1. The van der Waals surface area contributed by atoms with Gasteiger partial charge in [-0.2, -0.15) is 22.5 Å². The number of carbonyl (C=O) groups is 2. The van der Waals surface area contributed by atoms with Crippen LogP contribution in [0.2, 0.25) is 0 Å². The number of alkyl halides is 1. The number of aryl methyl sites for hydroxylation is 2. The third-order valence-corrected chi connectivity index (χ3v) is 10.3. The number of benzene rings is 2. The monoisotopic (exact) mass is 1020 g/mol. The molecule has 14 nitrogen and oxygen atoms in total. The van der Waals surface area contributed by atoms with Crippen molar-refractivity contribution in [2.75, 3.05) is 39.9 Å². The number of allylic oxidation sites excluding steroid dienone is 2. The molecule has 0 radical (unpaired) electrons. The minimum atomic E-state index is -2.32. The Morgan fingerprint density at radius 1 is 0.692 bits per heavy atom. The van der Waals surface area contributed by atoms with Gasteiger partial charge in [-0.05, 0) is 24.0 Å². The fourth-order valence-corrected chi connectivity index (χ4v) is 6.94. The highest BCUT2D eigenvalue weighted by atomic mass is 79.9. The Hall–Kier alpha value is -5.68. The van der Waals surface area contributed by atoms with Crippen LogP contribution in [0.5, 0.6) is 5.88 Å². The molecule has 0 unspecified atom stereocenters. The summed E-state index contributed by atoms with van der Waals surface area (Å²) >= 11 is 5.43. The Bertz CT molecular complexity index is 2370. The third kappa shape index (κ3) is 19.5. The summed E-state index contributed by atoms with van der Waals surface area (Å²) in [7, 11) is 5.25. The van der Waals surface area contributed by atoms with Crippen LogP contribution in [-0.2, 0) is 53.5 Å². The van der Waals surface area contributed by atoms with Crippen LogP contribution in [0.25, 0.3) is 0 Å². The van der Waals surface area contributed by atoms with E-state index in [4.69, 9.17) is 14.3 Å². The molecule has 2 aromatic heterocycles. The molecule has 0 aliphatic carbocycles. The van der Waals surface area contributed by atoms with Gasteiger partial charge < -0.3 is 28.9 Å². The predicted molar refractivity (Wildman–Crippen MR) is 238 cm³/mol. The molecule has 0 aliphatic heterocycles. The van der Waals surface area contributed by atoms with Crippen molar-refractivity contribution >= 4 is 62.8 Å². The molecule has 352 valence electrons. The number of H-pyrrole nitrogens is 1. The molecule has 23 heteroatoms. The van der Waals surface area contributed by atoms with Crippen LogP contribution in [0.15, 0.2) is 110 Å². The van der Waals surface area contributed by atoms with E-state index in [9.17, 15) is 40.7 Å². The first-order valence-electron chi connectivity index (χ1n) is 19.0. The van der Waals surface area contributed by atoms with E-state index in [2.05, 4.69) is 55.8 Å². The third-order valence-electron chi connectivity index (χ3n) is 7.94. The Morgan fingerprint density at radius 3 is 1.68 bits per heavy atom. The number of hydrogen-bond donors (Lipinski definition) is 1. The van der Waals surface area contributed by atoms with Crippen molar-refractivity contribution in [1.82, 2.24) is 19.9 Å². The van der Waals surface area contributed by atoms with Gasteiger partial charge in [0, 0.05) is 64.3 Å². The number of rotatable bonds is 20. The highest BCUT2D eigenvalue weighted by molar-refractivity contribution is 9.08. The quantitative estimate of drug-likeness (QED) is 0.0169. The van der Waals surface area contributed by atoms with Gasteiger partial charge in [0.05, 0.1) is 14.2 Å². The minimum absolute atomic E-state index is 0.0162. The van der Waals surface area contributed by atoms with Gasteiger partial charge in [-0.25, -0.2) is 28.3 Å². The molecular weight excluding hydrogens is 975 g/mol. The van der Waals surface area contributed by atoms with Crippen LogP contribution in [-0.4, -0.2) is 83.2 Å². The largest absolute Gasteiger partial charge is 0.473 e. The van der Waals surface area contributed by atoms with E-state index in [0.717, 1.165) is 29.1 Å². The summed E-state index contributed by atoms with van der Waals surface area (Å²) < 4.78 is 88.6. The van der Waals surface area contributed by atoms with E-state index in [1.54, 1.807) is 36.4 Å². The number of carbonyl (C=O) groups excluding carboxylic acids is 2. The fourth-order valence-electron chi connectivity index (χ4n) is 4.83. The smallest absolute Gasteiger partial charge is 0.360 e. The van der Waals surface area contributed by atoms with Crippen LogP contribution in [0.3, 0.4) is 0 Å². The van der Waals surface area contributed by atoms with Crippen LogP contribution in [0.1, 0.15) is 60.3 Å². The minimum Gasteiger partial charge on any atom is -0.473 e. The fraction of sp³-hybridized carbons (Fsp3) is 0.333. The molecular formula is C42H45BrF6N6O8S2. The zero-order chi connectivity index (χ0) is 48.3. The Labute approximate surface area is 387 Å². The van der Waals surface area contributed by atoms with Gasteiger partial charge in [0.1, 0.15) is 20.8 Å². The summed E-state index contributed by atoms with van der Waals surface area (Å²) in [6.45, 7) is 3.78. The number of nitrogens with one attached hydrogen (secondary N) is 1. The second-order valence-corrected chi connectivity index (χ2v) is 14.9. The van der Waals surface area contributed by atoms with Gasteiger partial charge in [0.25, 0.3) is 5.56 Å². The van der Waals surface area contributed by atoms with Gasteiger partial charge in [-0.15, -0.1) is 0 Å². The van der Waals surface area contributed by atoms with Crippen molar-refractivity contribution in [2.45, 2.75) is 61.8 Å². The van der Waals surface area contributed by atoms with E-state index >= 15 is 0 Å². The number of oxime groups is 2. The van der Waals surface area contributed by atoms with Crippen LogP contribution in [0, 0.1) is 0 Å². The van der Waals surface area contributed by atoms with Crippen molar-refractivity contribution in [3.05, 3.63) is 128 Å². The van der Waals surface area contributed by atoms with Crippen molar-refractivity contribution < 1.29 is 59.8 Å². The normalized spacial score (nSPS) is 10.9. The molecule has 4 rings (SSSR count). The molecule has 0 saturated carbocycles. The predicted octanol–water partition coefficient (Wildman–Crippen LogP) is 9.70. The maximum Gasteiger partial charge on any atom is 0.360 e. The Kier molecular flexibility index (Phi) is 26.0. The summed E-state index contributed by atoms with van der Waals surface area (Å²) in [6.07, 6.45) is -4.23. The number of halogens is 7. The van der Waals surface area contributed by atoms with Crippen molar-refractivity contribution in [3.63, 3.8) is 0 Å². The van der Waals surface area contributed by atoms with Crippen LogP contribution < -0.4 is 10.3 Å². The van der Waals surface area contributed by atoms with Gasteiger partial charge in [-0.3, -0.25) is 4.79 Å².